The summed E-state index contributed by atoms with van der Waals surface area (Å²) in [6, 6.07) is 3.01. The number of carboxylic acids is 1. The van der Waals surface area contributed by atoms with Crippen LogP contribution in [0.2, 0.25) is 0 Å². The van der Waals surface area contributed by atoms with Gasteiger partial charge in [0.25, 0.3) is 0 Å². The fraction of sp³-hybridized carbons (Fsp3) is 0.500. The summed E-state index contributed by atoms with van der Waals surface area (Å²) in [7, 11) is -3.46. The predicted molar refractivity (Wildman–Crippen MR) is 72.0 cm³/mol. The number of nitrogens with zero attached hydrogens (tertiary/aromatic N) is 1. The Kier molecular flexibility index (Phi) is 4.56. The van der Waals surface area contributed by atoms with E-state index in [0.29, 0.717) is 37.4 Å². The van der Waals surface area contributed by atoms with Crippen molar-refractivity contribution in [3.05, 3.63) is 24.0 Å². The van der Waals surface area contributed by atoms with Crippen LogP contribution in [0.3, 0.4) is 0 Å². The molecule has 7 nitrogen and oxygen atoms in total. The SMILES string of the molecule is O=C(O)Cc1ccc(NS(=O)(=O)C2CCOCC2)cn1. The van der Waals surface area contributed by atoms with Crippen LogP contribution in [-0.4, -0.2) is 42.9 Å². The second-order valence-corrected chi connectivity index (χ2v) is 6.53. The molecular weight excluding hydrogens is 284 g/mol. The molecule has 0 unspecified atom stereocenters. The monoisotopic (exact) mass is 300 g/mol. The molecule has 0 aliphatic carbocycles. The van der Waals surface area contributed by atoms with Crippen LogP contribution < -0.4 is 4.72 Å². The van der Waals surface area contributed by atoms with Gasteiger partial charge in [0.1, 0.15) is 0 Å². The van der Waals surface area contributed by atoms with Crippen molar-refractivity contribution in [2.75, 3.05) is 17.9 Å². The van der Waals surface area contributed by atoms with Crippen molar-refractivity contribution in [3.8, 4) is 0 Å². The van der Waals surface area contributed by atoms with E-state index in [0.717, 1.165) is 0 Å². The van der Waals surface area contributed by atoms with E-state index in [9.17, 15) is 13.2 Å². The van der Waals surface area contributed by atoms with Gasteiger partial charge in [0.2, 0.25) is 10.0 Å². The minimum absolute atomic E-state index is 0.188. The third-order valence-electron chi connectivity index (χ3n) is 3.02. The number of aromatic nitrogens is 1. The molecule has 0 spiro atoms. The van der Waals surface area contributed by atoms with E-state index in [1.807, 2.05) is 0 Å². The lowest BCUT2D eigenvalue weighted by Gasteiger charge is -2.22. The number of nitrogens with one attached hydrogen (secondary N) is 1. The topological polar surface area (TPSA) is 106 Å². The summed E-state index contributed by atoms with van der Waals surface area (Å²) >= 11 is 0. The lowest BCUT2D eigenvalue weighted by atomic mass is 10.2. The fourth-order valence-corrected chi connectivity index (χ4v) is 3.41. The van der Waals surface area contributed by atoms with E-state index < -0.39 is 21.2 Å². The van der Waals surface area contributed by atoms with Gasteiger partial charge in [-0.05, 0) is 25.0 Å². The van der Waals surface area contributed by atoms with E-state index in [4.69, 9.17) is 9.84 Å². The third-order valence-corrected chi connectivity index (χ3v) is 4.89. The van der Waals surface area contributed by atoms with E-state index in [2.05, 4.69) is 9.71 Å². The second kappa shape index (κ2) is 6.19. The summed E-state index contributed by atoms with van der Waals surface area (Å²) < 4.78 is 31.9. The molecule has 1 saturated heterocycles. The number of hydrogen-bond acceptors (Lipinski definition) is 5. The molecular formula is C12H16N2O5S. The Morgan fingerprint density at radius 3 is 2.65 bits per heavy atom. The quantitative estimate of drug-likeness (QED) is 0.826. The van der Waals surface area contributed by atoms with Crippen LogP contribution in [0.25, 0.3) is 0 Å². The maximum absolute atomic E-state index is 12.1. The van der Waals surface area contributed by atoms with Gasteiger partial charge >= 0.3 is 5.97 Å². The third kappa shape index (κ3) is 3.91. The lowest BCUT2D eigenvalue weighted by Crippen LogP contribution is -2.33. The summed E-state index contributed by atoms with van der Waals surface area (Å²) in [5.74, 6) is -0.979. The molecule has 2 rings (SSSR count). The molecule has 2 N–H and O–H groups in total. The number of anilines is 1. The Morgan fingerprint density at radius 1 is 1.40 bits per heavy atom. The van der Waals surface area contributed by atoms with Crippen molar-refractivity contribution < 1.29 is 23.1 Å². The summed E-state index contributed by atoms with van der Waals surface area (Å²) in [5, 5.41) is 8.17. The van der Waals surface area contributed by atoms with Crippen LogP contribution in [0.4, 0.5) is 5.69 Å². The van der Waals surface area contributed by atoms with Crippen molar-refractivity contribution in [3.63, 3.8) is 0 Å². The Labute approximate surface area is 117 Å². The van der Waals surface area contributed by atoms with Crippen LogP contribution in [0.1, 0.15) is 18.5 Å². The molecule has 1 aromatic rings. The average Bonchev–Trinajstić information content (AvgIpc) is 2.41. The fourth-order valence-electron chi connectivity index (χ4n) is 1.98. The molecule has 2 heterocycles. The minimum Gasteiger partial charge on any atom is -0.481 e. The first-order chi connectivity index (χ1) is 9.47. The number of ether oxygens (including phenoxy) is 1. The van der Waals surface area contributed by atoms with E-state index in [-0.39, 0.29) is 6.42 Å². The Morgan fingerprint density at radius 2 is 2.10 bits per heavy atom. The Hall–Kier alpha value is -1.67. The van der Waals surface area contributed by atoms with Crippen molar-refractivity contribution >= 4 is 21.7 Å². The minimum atomic E-state index is -3.46. The highest BCUT2D eigenvalue weighted by molar-refractivity contribution is 7.93. The van der Waals surface area contributed by atoms with Crippen LogP contribution in [0.5, 0.6) is 0 Å². The summed E-state index contributed by atoms with van der Waals surface area (Å²) in [6.07, 6.45) is 2.09. The van der Waals surface area contributed by atoms with Gasteiger partial charge in [0, 0.05) is 13.2 Å². The normalized spacial score (nSPS) is 16.8. The molecule has 0 atom stereocenters. The highest BCUT2D eigenvalue weighted by atomic mass is 32.2. The average molecular weight is 300 g/mol. The van der Waals surface area contributed by atoms with Gasteiger partial charge in [0.05, 0.1) is 29.2 Å². The highest BCUT2D eigenvalue weighted by Gasteiger charge is 2.27. The standard InChI is InChI=1S/C12H16N2O5S/c15-12(16)7-9-1-2-10(8-13-9)14-20(17,18)11-3-5-19-6-4-11/h1-2,8,11,14H,3-7H2,(H,15,16). The predicted octanol–water partition coefficient (Wildman–Crippen LogP) is 0.629. The number of carbonyl (C=O) groups is 1. The van der Waals surface area contributed by atoms with Crippen molar-refractivity contribution in [2.45, 2.75) is 24.5 Å². The molecule has 8 heteroatoms. The first-order valence-electron chi connectivity index (χ1n) is 6.23. The number of sulfonamides is 1. The number of aliphatic carboxylic acids is 1. The summed E-state index contributed by atoms with van der Waals surface area (Å²) in [4.78, 5) is 14.4. The van der Waals surface area contributed by atoms with Crippen molar-refractivity contribution in [1.82, 2.24) is 4.98 Å². The maximum atomic E-state index is 12.1. The van der Waals surface area contributed by atoms with Gasteiger partial charge in [-0.2, -0.15) is 0 Å². The van der Waals surface area contributed by atoms with Crippen molar-refractivity contribution in [1.29, 1.82) is 0 Å². The molecule has 20 heavy (non-hydrogen) atoms. The number of carboxylic acid groups (broad SMARTS) is 1. The first-order valence-corrected chi connectivity index (χ1v) is 7.78. The molecule has 110 valence electrons. The van der Waals surface area contributed by atoms with Crippen LogP contribution >= 0.6 is 0 Å². The molecule has 0 saturated carbocycles. The first kappa shape index (κ1) is 14.7. The summed E-state index contributed by atoms with van der Waals surface area (Å²) in [5.41, 5.74) is 0.720. The van der Waals surface area contributed by atoms with Crippen LogP contribution in [0.15, 0.2) is 18.3 Å². The second-order valence-electron chi connectivity index (χ2n) is 4.57. The molecule has 1 fully saturated rings. The molecule has 0 bridgehead atoms. The maximum Gasteiger partial charge on any atom is 0.309 e. The van der Waals surface area contributed by atoms with Gasteiger partial charge < -0.3 is 9.84 Å². The molecule has 0 amide bonds. The Balaban J connectivity index is 2.03. The van der Waals surface area contributed by atoms with E-state index in [1.165, 1.54) is 18.3 Å². The van der Waals surface area contributed by atoms with Gasteiger partial charge in [-0.3, -0.25) is 14.5 Å². The number of pyridine rings is 1. The van der Waals surface area contributed by atoms with Crippen LogP contribution in [0, 0.1) is 0 Å². The number of rotatable bonds is 5. The molecule has 1 aromatic heterocycles. The molecule has 0 aromatic carbocycles. The molecule has 0 radical (unpaired) electrons. The van der Waals surface area contributed by atoms with Gasteiger partial charge in [-0.15, -0.1) is 0 Å². The van der Waals surface area contributed by atoms with Gasteiger partial charge in [-0.1, -0.05) is 0 Å². The van der Waals surface area contributed by atoms with Crippen LogP contribution in [-0.2, 0) is 26.0 Å². The van der Waals surface area contributed by atoms with Gasteiger partial charge in [0.15, 0.2) is 0 Å². The molecule has 1 aliphatic rings. The van der Waals surface area contributed by atoms with Crippen molar-refractivity contribution in [2.24, 2.45) is 0 Å². The van der Waals surface area contributed by atoms with Gasteiger partial charge in [-0.25, -0.2) is 8.42 Å². The molecule has 1 aliphatic heterocycles. The highest BCUT2D eigenvalue weighted by Crippen LogP contribution is 2.19. The zero-order chi connectivity index (χ0) is 14.6. The zero-order valence-electron chi connectivity index (χ0n) is 10.8. The van der Waals surface area contributed by atoms with E-state index >= 15 is 0 Å². The summed E-state index contributed by atoms with van der Waals surface area (Å²) in [6.45, 7) is 0.892. The zero-order valence-corrected chi connectivity index (χ0v) is 11.6. The van der Waals surface area contributed by atoms with E-state index in [1.54, 1.807) is 0 Å². The lowest BCUT2D eigenvalue weighted by molar-refractivity contribution is -0.136. The largest absolute Gasteiger partial charge is 0.481 e. The smallest absolute Gasteiger partial charge is 0.309 e. The Bertz CT molecular complexity index is 564. The number of hydrogen-bond donors (Lipinski definition) is 2.